The first kappa shape index (κ1) is 14.4. The molecule has 1 amide bonds. The molecule has 1 aliphatic rings. The molecule has 104 valence electrons. The van der Waals surface area contributed by atoms with Gasteiger partial charge in [0.05, 0.1) is 6.04 Å². The third-order valence-electron chi connectivity index (χ3n) is 2.73. The Morgan fingerprint density at radius 2 is 2.11 bits per heavy atom. The summed E-state index contributed by atoms with van der Waals surface area (Å²) >= 11 is 2.29. The van der Waals surface area contributed by atoms with E-state index in [4.69, 9.17) is 4.74 Å². The first-order valence-corrected chi connectivity index (χ1v) is 7.41. The topological polar surface area (TPSA) is 41.6 Å². The van der Waals surface area contributed by atoms with Crippen molar-refractivity contribution in [1.29, 1.82) is 0 Å². The van der Waals surface area contributed by atoms with Crippen LogP contribution in [0.1, 0.15) is 20.8 Å². The van der Waals surface area contributed by atoms with Crippen LogP contribution >= 0.6 is 22.6 Å². The van der Waals surface area contributed by atoms with E-state index >= 15 is 0 Å². The van der Waals surface area contributed by atoms with Crippen molar-refractivity contribution >= 4 is 34.4 Å². The fraction of sp³-hybridized carbons (Fsp3) is 0.500. The molecule has 0 spiro atoms. The summed E-state index contributed by atoms with van der Waals surface area (Å²) in [5.74, 6) is 0. The van der Waals surface area contributed by atoms with Crippen molar-refractivity contribution in [2.45, 2.75) is 32.4 Å². The van der Waals surface area contributed by atoms with Crippen LogP contribution in [0.4, 0.5) is 10.5 Å². The van der Waals surface area contributed by atoms with E-state index in [9.17, 15) is 4.79 Å². The lowest BCUT2D eigenvalue weighted by Crippen LogP contribution is -2.57. The molecule has 1 aromatic rings. The first-order valence-electron chi connectivity index (χ1n) is 6.33. The Morgan fingerprint density at radius 3 is 2.68 bits per heavy atom. The molecule has 0 radical (unpaired) electrons. The Morgan fingerprint density at radius 1 is 1.42 bits per heavy atom. The van der Waals surface area contributed by atoms with E-state index in [0.717, 1.165) is 5.69 Å². The number of nitrogens with zero attached hydrogens (tertiary/aromatic N) is 1. The van der Waals surface area contributed by atoms with Crippen LogP contribution in [-0.2, 0) is 4.74 Å². The zero-order valence-corrected chi connectivity index (χ0v) is 13.6. The second kappa shape index (κ2) is 5.56. The van der Waals surface area contributed by atoms with Crippen molar-refractivity contribution in [3.63, 3.8) is 0 Å². The van der Waals surface area contributed by atoms with Gasteiger partial charge in [-0.15, -0.1) is 0 Å². The highest BCUT2D eigenvalue weighted by atomic mass is 127. The maximum Gasteiger partial charge on any atom is 0.410 e. The van der Waals surface area contributed by atoms with Gasteiger partial charge < -0.3 is 15.0 Å². The summed E-state index contributed by atoms with van der Waals surface area (Å²) in [6, 6.07) is 8.52. The average molecular weight is 374 g/mol. The minimum absolute atomic E-state index is 0.229. The summed E-state index contributed by atoms with van der Waals surface area (Å²) in [6.45, 7) is 7.03. The number of hydrogen-bond donors (Lipinski definition) is 1. The van der Waals surface area contributed by atoms with E-state index in [-0.39, 0.29) is 6.09 Å². The summed E-state index contributed by atoms with van der Waals surface area (Å²) in [7, 11) is 0. The molecule has 0 unspecified atom stereocenters. The summed E-state index contributed by atoms with van der Waals surface area (Å²) in [5.41, 5.74) is 0.672. The van der Waals surface area contributed by atoms with Gasteiger partial charge in [-0.05, 0) is 61.6 Å². The molecule has 2 rings (SSSR count). The largest absolute Gasteiger partial charge is 0.444 e. The predicted octanol–water partition coefficient (Wildman–Crippen LogP) is 3.32. The third-order valence-corrected chi connectivity index (χ3v) is 3.40. The van der Waals surface area contributed by atoms with Crippen LogP contribution in [0.3, 0.4) is 0 Å². The molecule has 0 saturated carbocycles. The fourth-order valence-corrected chi connectivity index (χ4v) is 2.40. The summed E-state index contributed by atoms with van der Waals surface area (Å²) in [5, 5.41) is 3.41. The van der Waals surface area contributed by atoms with E-state index in [1.807, 2.05) is 32.9 Å². The van der Waals surface area contributed by atoms with Gasteiger partial charge >= 0.3 is 6.09 Å². The first-order chi connectivity index (χ1) is 8.83. The molecule has 0 atom stereocenters. The molecule has 0 aromatic heterocycles. The lowest BCUT2D eigenvalue weighted by Gasteiger charge is -2.40. The molecular formula is C14H19IN2O2. The molecule has 5 heteroatoms. The number of benzene rings is 1. The number of amides is 1. The lowest BCUT2D eigenvalue weighted by atomic mass is 10.1. The Hall–Kier alpha value is -0.980. The number of ether oxygens (including phenoxy) is 1. The fourth-order valence-electron chi connectivity index (χ4n) is 1.86. The molecule has 4 nitrogen and oxygen atoms in total. The van der Waals surface area contributed by atoms with Gasteiger partial charge in [-0.1, -0.05) is 6.07 Å². The summed E-state index contributed by atoms with van der Waals surface area (Å²) < 4.78 is 6.52. The Kier molecular flexibility index (Phi) is 4.23. The highest BCUT2D eigenvalue weighted by Gasteiger charge is 2.33. The second-order valence-corrected chi connectivity index (χ2v) is 6.98. The minimum atomic E-state index is -0.425. The van der Waals surface area contributed by atoms with Crippen molar-refractivity contribution in [1.82, 2.24) is 4.90 Å². The normalized spacial score (nSPS) is 15.9. The Balaban J connectivity index is 1.79. The number of rotatable bonds is 2. The van der Waals surface area contributed by atoms with Gasteiger partial charge in [0.1, 0.15) is 5.60 Å². The standard InChI is InChI=1S/C14H19IN2O2/c1-14(2,3)19-13(18)17-8-12(9-17)16-11-6-4-5-10(15)7-11/h4-7,12,16H,8-9H2,1-3H3. The highest BCUT2D eigenvalue weighted by Crippen LogP contribution is 2.19. The number of hydrogen-bond acceptors (Lipinski definition) is 3. The van der Waals surface area contributed by atoms with E-state index < -0.39 is 5.60 Å². The van der Waals surface area contributed by atoms with Crippen LogP contribution in [0.2, 0.25) is 0 Å². The number of nitrogens with one attached hydrogen (secondary N) is 1. The molecule has 0 bridgehead atoms. The predicted molar refractivity (Wildman–Crippen MR) is 84.4 cm³/mol. The van der Waals surface area contributed by atoms with Gasteiger partial charge in [0.15, 0.2) is 0 Å². The number of halogens is 1. The van der Waals surface area contributed by atoms with Crippen LogP contribution in [0, 0.1) is 3.57 Å². The van der Waals surface area contributed by atoms with Crippen LogP contribution in [0.25, 0.3) is 0 Å². The number of carbonyl (C=O) groups is 1. The van der Waals surface area contributed by atoms with E-state index in [1.54, 1.807) is 4.90 Å². The van der Waals surface area contributed by atoms with E-state index in [0.29, 0.717) is 19.1 Å². The van der Waals surface area contributed by atoms with Crippen LogP contribution in [0.5, 0.6) is 0 Å². The van der Waals surface area contributed by atoms with Gasteiger partial charge in [0.25, 0.3) is 0 Å². The van der Waals surface area contributed by atoms with Crippen molar-refractivity contribution in [2.75, 3.05) is 18.4 Å². The van der Waals surface area contributed by atoms with Crippen molar-refractivity contribution in [2.24, 2.45) is 0 Å². The molecule has 1 aliphatic heterocycles. The van der Waals surface area contributed by atoms with Crippen molar-refractivity contribution in [3.05, 3.63) is 27.8 Å². The van der Waals surface area contributed by atoms with Gasteiger partial charge in [0, 0.05) is 22.3 Å². The number of carbonyl (C=O) groups excluding carboxylic acids is 1. The van der Waals surface area contributed by atoms with Gasteiger partial charge in [-0.3, -0.25) is 0 Å². The smallest absolute Gasteiger partial charge is 0.410 e. The Labute approximate surface area is 127 Å². The Bertz CT molecular complexity index is 465. The van der Waals surface area contributed by atoms with Crippen molar-refractivity contribution in [3.8, 4) is 0 Å². The summed E-state index contributed by atoms with van der Waals surface area (Å²) in [4.78, 5) is 13.5. The van der Waals surface area contributed by atoms with Crippen LogP contribution < -0.4 is 5.32 Å². The molecule has 1 fully saturated rings. The van der Waals surface area contributed by atoms with Gasteiger partial charge in [0.2, 0.25) is 0 Å². The lowest BCUT2D eigenvalue weighted by molar-refractivity contribution is 0.0105. The number of likely N-dealkylation sites (tertiary alicyclic amines) is 1. The SMILES string of the molecule is CC(C)(C)OC(=O)N1CC(Nc2cccc(I)c2)C1. The molecule has 1 heterocycles. The van der Waals surface area contributed by atoms with E-state index in [2.05, 4.69) is 40.0 Å². The molecule has 1 aromatic carbocycles. The quantitative estimate of drug-likeness (QED) is 0.808. The van der Waals surface area contributed by atoms with Crippen LogP contribution in [-0.4, -0.2) is 35.7 Å². The summed E-state index contributed by atoms with van der Waals surface area (Å²) in [6.07, 6.45) is -0.229. The monoisotopic (exact) mass is 374 g/mol. The molecule has 19 heavy (non-hydrogen) atoms. The second-order valence-electron chi connectivity index (χ2n) is 5.74. The van der Waals surface area contributed by atoms with Crippen LogP contribution in [0.15, 0.2) is 24.3 Å². The molecular weight excluding hydrogens is 355 g/mol. The zero-order valence-electron chi connectivity index (χ0n) is 11.4. The molecule has 1 saturated heterocycles. The molecule has 1 N–H and O–H groups in total. The van der Waals surface area contributed by atoms with Crippen molar-refractivity contribution < 1.29 is 9.53 Å². The number of anilines is 1. The maximum absolute atomic E-state index is 11.8. The highest BCUT2D eigenvalue weighted by molar-refractivity contribution is 14.1. The zero-order chi connectivity index (χ0) is 14.0. The minimum Gasteiger partial charge on any atom is -0.444 e. The van der Waals surface area contributed by atoms with Gasteiger partial charge in [-0.25, -0.2) is 4.79 Å². The average Bonchev–Trinajstić information content (AvgIpc) is 2.20. The third kappa shape index (κ3) is 4.26. The van der Waals surface area contributed by atoms with Gasteiger partial charge in [-0.2, -0.15) is 0 Å². The molecule has 0 aliphatic carbocycles. The maximum atomic E-state index is 11.8. The van der Waals surface area contributed by atoms with E-state index in [1.165, 1.54) is 3.57 Å².